The maximum atomic E-state index is 12.4. The van der Waals surface area contributed by atoms with Crippen molar-refractivity contribution in [3.05, 3.63) is 40.8 Å². The number of likely N-dealkylation sites (tertiary alicyclic amines) is 1. The number of urea groups is 1. The number of ether oxygens (including phenoxy) is 1. The van der Waals surface area contributed by atoms with Crippen molar-refractivity contribution in [3.63, 3.8) is 0 Å². The average Bonchev–Trinajstić information content (AvgIpc) is 3.03. The van der Waals surface area contributed by atoms with Gasteiger partial charge in [-0.3, -0.25) is 9.69 Å². The minimum absolute atomic E-state index is 0.0114. The van der Waals surface area contributed by atoms with Crippen LogP contribution < -0.4 is 5.73 Å². The van der Waals surface area contributed by atoms with E-state index >= 15 is 0 Å². The summed E-state index contributed by atoms with van der Waals surface area (Å²) in [6.07, 6.45) is -0.966. The van der Waals surface area contributed by atoms with Crippen LogP contribution in [0.1, 0.15) is 36.0 Å². The topological polar surface area (TPSA) is 103 Å². The third-order valence-electron chi connectivity index (χ3n) is 4.77. The molecule has 28 heavy (non-hydrogen) atoms. The monoisotopic (exact) mass is 397 g/mol. The fourth-order valence-corrected chi connectivity index (χ4v) is 3.98. The Morgan fingerprint density at radius 1 is 1.21 bits per heavy atom. The normalized spacial score (nSPS) is 17.0. The fraction of sp³-hybridized carbons (Fsp3) is 0.300. The van der Waals surface area contributed by atoms with E-state index in [1.165, 1.54) is 16.9 Å². The molecule has 0 aliphatic carbocycles. The van der Waals surface area contributed by atoms with Crippen LogP contribution in [0.2, 0.25) is 0 Å². The molecule has 3 heterocycles. The Bertz CT molecular complexity index is 1150. The molecule has 1 atom stereocenters. The molecule has 0 bridgehead atoms. The van der Waals surface area contributed by atoms with E-state index in [9.17, 15) is 14.4 Å². The molecule has 1 aliphatic rings. The van der Waals surface area contributed by atoms with Gasteiger partial charge < -0.3 is 10.5 Å². The first kappa shape index (κ1) is 18.4. The predicted octanol–water partition coefficient (Wildman–Crippen LogP) is 3.19. The second-order valence-corrected chi connectivity index (χ2v) is 8.86. The van der Waals surface area contributed by atoms with Crippen molar-refractivity contribution in [2.45, 2.75) is 32.3 Å². The Kier molecular flexibility index (Phi) is 4.11. The summed E-state index contributed by atoms with van der Waals surface area (Å²) in [4.78, 5) is 41.7. The molecule has 0 spiro atoms. The molecule has 1 aliphatic heterocycles. The summed E-state index contributed by atoms with van der Waals surface area (Å²) in [5, 5.41) is 1.85. The smallest absolute Gasteiger partial charge is 0.349 e. The zero-order valence-electron chi connectivity index (χ0n) is 15.7. The molecule has 1 unspecified atom stereocenters. The molecule has 1 aromatic carbocycles. The number of imide groups is 1. The lowest BCUT2D eigenvalue weighted by Gasteiger charge is -2.34. The highest BCUT2D eigenvalue weighted by atomic mass is 32.1. The minimum Gasteiger partial charge on any atom is -0.446 e. The summed E-state index contributed by atoms with van der Waals surface area (Å²) in [6.45, 7) is 6.45. The highest BCUT2D eigenvalue weighted by Crippen LogP contribution is 2.31. The number of pyridine rings is 1. The summed E-state index contributed by atoms with van der Waals surface area (Å²) < 4.78 is 5.20. The molecule has 8 heteroatoms. The average molecular weight is 397 g/mol. The molecule has 0 radical (unpaired) electrons. The van der Waals surface area contributed by atoms with Gasteiger partial charge in [-0.25, -0.2) is 14.6 Å². The maximum absolute atomic E-state index is 12.4. The highest BCUT2D eigenvalue weighted by Gasteiger charge is 2.43. The zero-order chi connectivity index (χ0) is 20.2. The quantitative estimate of drug-likeness (QED) is 0.528. The number of fused-ring (bicyclic) bond motifs is 2. The van der Waals surface area contributed by atoms with Gasteiger partial charge in [-0.15, -0.1) is 11.3 Å². The van der Waals surface area contributed by atoms with Gasteiger partial charge in [-0.05, 0) is 35.2 Å². The molecular weight excluding hydrogens is 378 g/mol. The first-order valence-electron chi connectivity index (χ1n) is 8.80. The van der Waals surface area contributed by atoms with E-state index in [-0.39, 0.29) is 12.0 Å². The second-order valence-electron chi connectivity index (χ2n) is 7.83. The van der Waals surface area contributed by atoms with Gasteiger partial charge in [0.25, 0.3) is 5.91 Å². The third kappa shape index (κ3) is 3.09. The SMILES string of the molecule is CC(C)(C)c1ccc2nc3sc(C(=O)OC4CN(C(N)=O)C4=O)cc3cc2c1. The summed E-state index contributed by atoms with van der Waals surface area (Å²) in [7, 11) is 0. The molecule has 4 rings (SSSR count). The minimum atomic E-state index is -0.966. The molecule has 3 amide bonds. The Hall–Kier alpha value is -3.00. The van der Waals surface area contributed by atoms with Crippen LogP contribution in [0.15, 0.2) is 30.3 Å². The number of primary amides is 1. The number of aromatic nitrogens is 1. The number of thiophene rings is 1. The molecule has 144 valence electrons. The zero-order valence-corrected chi connectivity index (χ0v) is 16.5. The summed E-state index contributed by atoms with van der Waals surface area (Å²) in [5.74, 6) is -1.20. The van der Waals surface area contributed by atoms with E-state index in [2.05, 4.69) is 37.9 Å². The molecule has 2 N–H and O–H groups in total. The largest absolute Gasteiger partial charge is 0.446 e. The Morgan fingerprint density at radius 3 is 2.61 bits per heavy atom. The van der Waals surface area contributed by atoms with Crippen molar-refractivity contribution >= 4 is 50.4 Å². The van der Waals surface area contributed by atoms with Crippen LogP contribution in [0.25, 0.3) is 21.1 Å². The van der Waals surface area contributed by atoms with Gasteiger partial charge in [0, 0.05) is 10.8 Å². The third-order valence-corrected chi connectivity index (χ3v) is 5.80. The number of rotatable bonds is 2. The van der Waals surface area contributed by atoms with Crippen LogP contribution in [0, 0.1) is 0 Å². The summed E-state index contributed by atoms with van der Waals surface area (Å²) >= 11 is 1.21. The number of amides is 3. The molecular formula is C20H19N3O4S. The van der Waals surface area contributed by atoms with Crippen molar-refractivity contribution in [2.75, 3.05) is 6.54 Å². The number of esters is 1. The summed E-state index contributed by atoms with van der Waals surface area (Å²) in [5.41, 5.74) is 7.14. The predicted molar refractivity (Wildman–Crippen MR) is 106 cm³/mol. The number of benzene rings is 1. The molecule has 7 nitrogen and oxygen atoms in total. The molecule has 0 saturated carbocycles. The highest BCUT2D eigenvalue weighted by molar-refractivity contribution is 7.20. The summed E-state index contributed by atoms with van der Waals surface area (Å²) in [6, 6.07) is 9.04. The molecule has 2 aromatic heterocycles. The number of carbonyl (C=O) groups excluding carboxylic acids is 3. The van der Waals surface area contributed by atoms with Crippen LogP contribution in [-0.4, -0.2) is 40.4 Å². The maximum Gasteiger partial charge on any atom is 0.349 e. The lowest BCUT2D eigenvalue weighted by Crippen LogP contribution is -2.61. The molecule has 3 aromatic rings. The van der Waals surface area contributed by atoms with Gasteiger partial charge in [0.15, 0.2) is 6.10 Å². The first-order valence-corrected chi connectivity index (χ1v) is 9.62. The van der Waals surface area contributed by atoms with Crippen LogP contribution >= 0.6 is 11.3 Å². The van der Waals surface area contributed by atoms with Gasteiger partial charge in [0.1, 0.15) is 9.71 Å². The van der Waals surface area contributed by atoms with Gasteiger partial charge in [-0.1, -0.05) is 26.8 Å². The van der Waals surface area contributed by atoms with E-state index in [1.54, 1.807) is 6.07 Å². The number of nitrogens with two attached hydrogens (primary N) is 1. The number of β-lactam (4-membered cyclic amide) rings is 1. The van der Waals surface area contributed by atoms with Crippen molar-refractivity contribution < 1.29 is 19.1 Å². The van der Waals surface area contributed by atoms with Gasteiger partial charge >= 0.3 is 12.0 Å². The van der Waals surface area contributed by atoms with Crippen molar-refractivity contribution in [3.8, 4) is 0 Å². The van der Waals surface area contributed by atoms with Crippen molar-refractivity contribution in [1.29, 1.82) is 0 Å². The van der Waals surface area contributed by atoms with Crippen LogP contribution in [-0.2, 0) is 14.9 Å². The van der Waals surface area contributed by atoms with E-state index < -0.39 is 24.0 Å². The second kappa shape index (κ2) is 6.27. The Balaban J connectivity index is 1.60. The standard InChI is InChI=1S/C20H19N3O4S/c1-20(2,3)12-4-5-13-10(7-12)6-11-8-15(28-16(11)22-13)18(25)27-14-9-23(17(14)24)19(21)26/h4-8,14H,9H2,1-3H3,(H2,21,26). The van der Waals surface area contributed by atoms with Gasteiger partial charge in [0.05, 0.1) is 12.1 Å². The number of nitrogens with zero attached hydrogens (tertiary/aromatic N) is 2. The van der Waals surface area contributed by atoms with E-state index in [0.29, 0.717) is 4.88 Å². The Morgan fingerprint density at radius 2 is 1.96 bits per heavy atom. The molecule has 1 fully saturated rings. The Labute approximate surface area is 165 Å². The molecule has 1 saturated heterocycles. The van der Waals surface area contributed by atoms with E-state index in [1.807, 2.05) is 12.1 Å². The fourth-order valence-electron chi connectivity index (χ4n) is 3.07. The van der Waals surface area contributed by atoms with Crippen LogP contribution in [0.3, 0.4) is 0 Å². The van der Waals surface area contributed by atoms with Crippen LogP contribution in [0.4, 0.5) is 4.79 Å². The first-order chi connectivity index (χ1) is 13.1. The van der Waals surface area contributed by atoms with E-state index in [4.69, 9.17) is 10.5 Å². The van der Waals surface area contributed by atoms with Gasteiger partial charge in [-0.2, -0.15) is 0 Å². The lowest BCUT2D eigenvalue weighted by atomic mass is 9.86. The lowest BCUT2D eigenvalue weighted by molar-refractivity contribution is -0.150. The van der Waals surface area contributed by atoms with Crippen molar-refractivity contribution in [2.24, 2.45) is 5.73 Å². The van der Waals surface area contributed by atoms with E-state index in [0.717, 1.165) is 26.0 Å². The number of hydrogen-bond acceptors (Lipinski definition) is 6. The van der Waals surface area contributed by atoms with Crippen molar-refractivity contribution in [1.82, 2.24) is 9.88 Å². The number of hydrogen-bond donors (Lipinski definition) is 1. The van der Waals surface area contributed by atoms with Gasteiger partial charge in [0.2, 0.25) is 0 Å². The number of carbonyl (C=O) groups is 3. The van der Waals surface area contributed by atoms with Crippen LogP contribution in [0.5, 0.6) is 0 Å².